The lowest BCUT2D eigenvalue weighted by molar-refractivity contribution is -0.117. The van der Waals surface area contributed by atoms with Crippen LogP contribution in [-0.4, -0.2) is 37.6 Å². The Bertz CT molecular complexity index is 417. The van der Waals surface area contributed by atoms with Gasteiger partial charge in [0.1, 0.15) is 5.75 Å². The number of carbonyl (C=O) groups excluding carboxylic acids is 1. The van der Waals surface area contributed by atoms with Crippen LogP contribution in [0.1, 0.15) is 19.8 Å². The third kappa shape index (κ3) is 4.24. The molecule has 0 unspecified atom stereocenters. The van der Waals surface area contributed by atoms with Gasteiger partial charge in [-0.2, -0.15) is 0 Å². The van der Waals surface area contributed by atoms with Gasteiger partial charge in [0.25, 0.3) is 0 Å². The van der Waals surface area contributed by atoms with Crippen LogP contribution >= 0.6 is 0 Å². The summed E-state index contributed by atoms with van der Waals surface area (Å²) in [4.78, 5) is 14.2. The van der Waals surface area contributed by atoms with Crippen LogP contribution in [-0.2, 0) is 4.79 Å². The number of hydrogen-bond donors (Lipinski definition) is 1. The summed E-state index contributed by atoms with van der Waals surface area (Å²) in [5.74, 6) is 1.55. The van der Waals surface area contributed by atoms with E-state index in [-0.39, 0.29) is 5.91 Å². The number of hydrogen-bond acceptors (Lipinski definition) is 3. The average molecular weight is 262 g/mol. The SMILES string of the molecule is COc1ccc(NC(=O)CN2CCC[C@@H](C)C2)cc1. The van der Waals surface area contributed by atoms with Gasteiger partial charge in [-0.1, -0.05) is 6.92 Å². The van der Waals surface area contributed by atoms with Crippen LogP contribution in [0.15, 0.2) is 24.3 Å². The predicted molar refractivity (Wildman–Crippen MR) is 76.5 cm³/mol. The fraction of sp³-hybridized carbons (Fsp3) is 0.533. The second-order valence-electron chi connectivity index (χ2n) is 5.26. The van der Waals surface area contributed by atoms with E-state index in [1.807, 2.05) is 24.3 Å². The number of amides is 1. The monoisotopic (exact) mass is 262 g/mol. The Labute approximate surface area is 114 Å². The van der Waals surface area contributed by atoms with E-state index >= 15 is 0 Å². The lowest BCUT2D eigenvalue weighted by atomic mass is 10.0. The standard InChI is InChI=1S/C15H22N2O2/c1-12-4-3-9-17(10-12)11-15(18)16-13-5-7-14(19-2)8-6-13/h5-8,12H,3-4,9-11H2,1-2H3,(H,16,18)/t12-/m1/s1. The van der Waals surface area contributed by atoms with Gasteiger partial charge in [0, 0.05) is 12.2 Å². The lowest BCUT2D eigenvalue weighted by Crippen LogP contribution is -2.39. The zero-order valence-corrected chi connectivity index (χ0v) is 11.7. The van der Waals surface area contributed by atoms with Crippen LogP contribution in [0.5, 0.6) is 5.75 Å². The summed E-state index contributed by atoms with van der Waals surface area (Å²) in [5.41, 5.74) is 0.816. The number of nitrogens with zero attached hydrogens (tertiary/aromatic N) is 1. The van der Waals surface area contributed by atoms with E-state index in [1.54, 1.807) is 7.11 Å². The first-order chi connectivity index (χ1) is 9.17. The molecule has 0 aliphatic carbocycles. The molecule has 1 amide bonds. The van der Waals surface area contributed by atoms with Crippen LogP contribution in [0.3, 0.4) is 0 Å². The topological polar surface area (TPSA) is 41.6 Å². The lowest BCUT2D eigenvalue weighted by Gasteiger charge is -2.30. The Balaban J connectivity index is 1.83. The second kappa shape index (κ2) is 6.57. The molecule has 19 heavy (non-hydrogen) atoms. The first-order valence-electron chi connectivity index (χ1n) is 6.83. The van der Waals surface area contributed by atoms with E-state index in [4.69, 9.17) is 4.74 Å². The van der Waals surface area contributed by atoms with E-state index < -0.39 is 0 Å². The Kier molecular flexibility index (Phi) is 4.80. The first kappa shape index (κ1) is 13.9. The van der Waals surface area contributed by atoms with E-state index in [0.29, 0.717) is 12.5 Å². The molecule has 0 saturated carbocycles. The van der Waals surface area contributed by atoms with Gasteiger partial charge in [0.2, 0.25) is 5.91 Å². The molecule has 1 saturated heterocycles. The van der Waals surface area contributed by atoms with Crippen molar-refractivity contribution >= 4 is 11.6 Å². The maximum absolute atomic E-state index is 12.0. The van der Waals surface area contributed by atoms with E-state index in [1.165, 1.54) is 12.8 Å². The molecule has 4 nitrogen and oxygen atoms in total. The maximum atomic E-state index is 12.0. The smallest absolute Gasteiger partial charge is 0.238 e. The zero-order chi connectivity index (χ0) is 13.7. The van der Waals surface area contributed by atoms with Crippen molar-refractivity contribution in [3.63, 3.8) is 0 Å². The van der Waals surface area contributed by atoms with E-state index in [2.05, 4.69) is 17.1 Å². The van der Waals surface area contributed by atoms with Crippen molar-refractivity contribution in [2.45, 2.75) is 19.8 Å². The number of piperidine rings is 1. The maximum Gasteiger partial charge on any atom is 0.238 e. The van der Waals surface area contributed by atoms with Gasteiger partial charge in [-0.15, -0.1) is 0 Å². The largest absolute Gasteiger partial charge is 0.497 e. The minimum atomic E-state index is 0.0549. The number of methoxy groups -OCH3 is 1. The Morgan fingerprint density at radius 3 is 2.79 bits per heavy atom. The molecule has 1 aromatic carbocycles. The van der Waals surface area contributed by atoms with Crippen molar-refractivity contribution in [3.8, 4) is 5.75 Å². The molecule has 0 spiro atoms. The minimum Gasteiger partial charge on any atom is -0.497 e. The summed E-state index contributed by atoms with van der Waals surface area (Å²) in [7, 11) is 1.63. The van der Waals surface area contributed by atoms with Crippen molar-refractivity contribution in [2.75, 3.05) is 32.1 Å². The number of likely N-dealkylation sites (tertiary alicyclic amines) is 1. The third-order valence-electron chi connectivity index (χ3n) is 3.48. The van der Waals surface area contributed by atoms with Crippen molar-refractivity contribution in [2.24, 2.45) is 5.92 Å². The summed E-state index contributed by atoms with van der Waals surface area (Å²) in [5, 5.41) is 2.92. The number of benzene rings is 1. The normalized spacial score (nSPS) is 20.0. The molecule has 104 valence electrons. The molecule has 1 heterocycles. The van der Waals surface area contributed by atoms with Crippen molar-refractivity contribution in [1.82, 2.24) is 4.90 Å². The highest BCUT2D eigenvalue weighted by molar-refractivity contribution is 5.92. The van der Waals surface area contributed by atoms with Crippen LogP contribution in [0.4, 0.5) is 5.69 Å². The van der Waals surface area contributed by atoms with Crippen molar-refractivity contribution in [3.05, 3.63) is 24.3 Å². The highest BCUT2D eigenvalue weighted by Crippen LogP contribution is 2.17. The summed E-state index contributed by atoms with van der Waals surface area (Å²) in [6.07, 6.45) is 2.47. The molecule has 0 bridgehead atoms. The Morgan fingerprint density at radius 2 is 2.16 bits per heavy atom. The fourth-order valence-corrected chi connectivity index (χ4v) is 2.51. The summed E-state index contributed by atoms with van der Waals surface area (Å²) in [6, 6.07) is 7.41. The summed E-state index contributed by atoms with van der Waals surface area (Å²) >= 11 is 0. The van der Waals surface area contributed by atoms with Crippen LogP contribution in [0.25, 0.3) is 0 Å². The van der Waals surface area contributed by atoms with Gasteiger partial charge in [0.05, 0.1) is 13.7 Å². The number of nitrogens with one attached hydrogen (secondary N) is 1. The number of carbonyl (C=O) groups is 1. The van der Waals surface area contributed by atoms with Gasteiger partial charge in [-0.25, -0.2) is 0 Å². The molecule has 1 aromatic rings. The predicted octanol–water partition coefficient (Wildman–Crippen LogP) is 2.37. The molecule has 4 heteroatoms. The molecular formula is C15H22N2O2. The molecule has 0 aromatic heterocycles. The Morgan fingerprint density at radius 1 is 1.42 bits per heavy atom. The summed E-state index contributed by atoms with van der Waals surface area (Å²) < 4.78 is 5.09. The molecule has 1 fully saturated rings. The van der Waals surface area contributed by atoms with E-state index in [0.717, 1.165) is 24.5 Å². The quantitative estimate of drug-likeness (QED) is 0.905. The number of anilines is 1. The molecule has 0 radical (unpaired) electrons. The molecular weight excluding hydrogens is 240 g/mol. The van der Waals surface area contributed by atoms with Crippen LogP contribution < -0.4 is 10.1 Å². The van der Waals surface area contributed by atoms with Crippen molar-refractivity contribution in [1.29, 1.82) is 0 Å². The molecule has 2 rings (SSSR count). The molecule has 1 atom stereocenters. The van der Waals surface area contributed by atoms with Crippen molar-refractivity contribution < 1.29 is 9.53 Å². The fourth-order valence-electron chi connectivity index (χ4n) is 2.51. The van der Waals surface area contributed by atoms with Gasteiger partial charge in [0.15, 0.2) is 0 Å². The highest BCUT2D eigenvalue weighted by Gasteiger charge is 2.18. The summed E-state index contributed by atoms with van der Waals surface area (Å²) in [6.45, 7) is 4.78. The van der Waals surface area contributed by atoms with Gasteiger partial charge in [-0.05, 0) is 49.6 Å². The molecule has 1 aliphatic rings. The zero-order valence-electron chi connectivity index (χ0n) is 11.7. The second-order valence-corrected chi connectivity index (χ2v) is 5.26. The van der Waals surface area contributed by atoms with Gasteiger partial charge in [-0.3, -0.25) is 9.69 Å². The minimum absolute atomic E-state index is 0.0549. The highest BCUT2D eigenvalue weighted by atomic mass is 16.5. The van der Waals surface area contributed by atoms with E-state index in [9.17, 15) is 4.79 Å². The third-order valence-corrected chi connectivity index (χ3v) is 3.48. The van der Waals surface area contributed by atoms with Gasteiger partial charge < -0.3 is 10.1 Å². The molecule has 1 N–H and O–H groups in total. The number of ether oxygens (including phenoxy) is 1. The Hall–Kier alpha value is -1.55. The van der Waals surface area contributed by atoms with Gasteiger partial charge >= 0.3 is 0 Å². The molecule has 1 aliphatic heterocycles. The van der Waals surface area contributed by atoms with Crippen LogP contribution in [0, 0.1) is 5.92 Å². The average Bonchev–Trinajstić information content (AvgIpc) is 2.39. The number of rotatable bonds is 4. The first-order valence-corrected chi connectivity index (χ1v) is 6.83. The van der Waals surface area contributed by atoms with Crippen LogP contribution in [0.2, 0.25) is 0 Å².